The Morgan fingerprint density at radius 3 is 2.71 bits per heavy atom. The molecule has 1 rings (SSSR count). The highest BCUT2D eigenvalue weighted by Crippen LogP contribution is 2.28. The second-order valence-electron chi connectivity index (χ2n) is 4.01. The van der Waals surface area contributed by atoms with E-state index < -0.39 is 0 Å². The molecule has 0 fully saturated rings. The molecule has 0 saturated carbocycles. The zero-order chi connectivity index (χ0) is 12.8. The summed E-state index contributed by atoms with van der Waals surface area (Å²) in [6.45, 7) is 5.59. The zero-order valence-corrected chi connectivity index (χ0v) is 11.7. The molecule has 1 aromatic carbocycles. The average molecular weight is 297 g/mol. The van der Waals surface area contributed by atoms with Crippen LogP contribution in [0.25, 0.3) is 0 Å². The molecule has 0 spiro atoms. The molecule has 0 aliphatic rings. The number of hydrogen-bond acceptors (Lipinski definition) is 3. The monoisotopic (exact) mass is 296 g/mol. The Kier molecular flexibility index (Phi) is 5.46. The van der Waals surface area contributed by atoms with Gasteiger partial charge in [-0.05, 0) is 47.5 Å². The van der Waals surface area contributed by atoms with E-state index in [1.807, 2.05) is 25.1 Å². The van der Waals surface area contributed by atoms with Crippen LogP contribution in [0, 0.1) is 17.2 Å². The second kappa shape index (κ2) is 6.63. The van der Waals surface area contributed by atoms with Gasteiger partial charge >= 0.3 is 0 Å². The third-order valence-electron chi connectivity index (χ3n) is 2.63. The molecule has 4 heteroatoms. The van der Waals surface area contributed by atoms with Gasteiger partial charge in [0.25, 0.3) is 0 Å². The van der Waals surface area contributed by atoms with Crippen LogP contribution in [0.5, 0.6) is 0 Å². The van der Waals surface area contributed by atoms with Crippen molar-refractivity contribution in [2.24, 2.45) is 5.92 Å². The van der Waals surface area contributed by atoms with Gasteiger partial charge in [-0.2, -0.15) is 5.26 Å². The molecular weight excluding hydrogens is 280 g/mol. The summed E-state index contributed by atoms with van der Waals surface area (Å²) in [5, 5.41) is 17.9. The fourth-order valence-corrected chi connectivity index (χ4v) is 2.35. The van der Waals surface area contributed by atoms with E-state index in [4.69, 9.17) is 10.4 Å². The number of rotatable bonds is 5. The van der Waals surface area contributed by atoms with Crippen LogP contribution in [0.3, 0.4) is 0 Å². The van der Waals surface area contributed by atoms with Crippen LogP contribution in [-0.2, 0) is 6.61 Å². The highest BCUT2D eigenvalue weighted by atomic mass is 79.9. The molecule has 3 nitrogen and oxygen atoms in total. The first-order chi connectivity index (χ1) is 8.12. The molecule has 1 unspecified atom stereocenters. The summed E-state index contributed by atoms with van der Waals surface area (Å²) >= 11 is 3.51. The molecule has 1 aromatic rings. The van der Waals surface area contributed by atoms with Crippen molar-refractivity contribution < 1.29 is 5.11 Å². The third kappa shape index (κ3) is 3.72. The fourth-order valence-electron chi connectivity index (χ4n) is 1.67. The standard InChI is InChI=1S/C13H17BrN2O/c1-3-16(8-10(2)7-15)13-5-4-11(9-17)6-12(13)14/h4-6,10,17H,3,8-9H2,1-2H3. The molecule has 92 valence electrons. The zero-order valence-electron chi connectivity index (χ0n) is 10.2. The van der Waals surface area contributed by atoms with Gasteiger partial charge in [-0.1, -0.05) is 6.07 Å². The highest BCUT2D eigenvalue weighted by molar-refractivity contribution is 9.10. The summed E-state index contributed by atoms with van der Waals surface area (Å²) in [6, 6.07) is 8.03. The van der Waals surface area contributed by atoms with Gasteiger partial charge in [0, 0.05) is 17.6 Å². The van der Waals surface area contributed by atoms with Crippen molar-refractivity contribution >= 4 is 21.6 Å². The van der Waals surface area contributed by atoms with Crippen LogP contribution in [-0.4, -0.2) is 18.2 Å². The number of anilines is 1. The van der Waals surface area contributed by atoms with Gasteiger partial charge in [0.15, 0.2) is 0 Å². The minimum absolute atomic E-state index is 0.000585. The Morgan fingerprint density at radius 1 is 1.53 bits per heavy atom. The van der Waals surface area contributed by atoms with Crippen LogP contribution in [0.4, 0.5) is 5.69 Å². The van der Waals surface area contributed by atoms with E-state index in [0.717, 1.165) is 22.3 Å². The van der Waals surface area contributed by atoms with Gasteiger partial charge in [-0.25, -0.2) is 0 Å². The topological polar surface area (TPSA) is 47.3 Å². The van der Waals surface area contributed by atoms with Gasteiger partial charge in [0.2, 0.25) is 0 Å². The summed E-state index contributed by atoms with van der Waals surface area (Å²) in [6.07, 6.45) is 0. The van der Waals surface area contributed by atoms with E-state index in [2.05, 4.69) is 33.8 Å². The summed E-state index contributed by atoms with van der Waals surface area (Å²) in [7, 11) is 0. The second-order valence-corrected chi connectivity index (χ2v) is 4.87. The number of halogens is 1. The van der Waals surface area contributed by atoms with Crippen molar-refractivity contribution in [3.8, 4) is 6.07 Å². The van der Waals surface area contributed by atoms with Gasteiger partial charge in [0.1, 0.15) is 0 Å². The lowest BCUT2D eigenvalue weighted by atomic mass is 10.1. The van der Waals surface area contributed by atoms with Gasteiger partial charge < -0.3 is 10.0 Å². The molecule has 17 heavy (non-hydrogen) atoms. The van der Waals surface area contributed by atoms with Crippen molar-refractivity contribution in [2.75, 3.05) is 18.0 Å². The van der Waals surface area contributed by atoms with Crippen molar-refractivity contribution in [3.05, 3.63) is 28.2 Å². The quantitative estimate of drug-likeness (QED) is 0.909. The van der Waals surface area contributed by atoms with Crippen LogP contribution < -0.4 is 4.90 Å². The van der Waals surface area contributed by atoms with E-state index >= 15 is 0 Å². The predicted molar refractivity (Wildman–Crippen MR) is 72.7 cm³/mol. The molecule has 0 bridgehead atoms. The first-order valence-electron chi connectivity index (χ1n) is 5.66. The lowest BCUT2D eigenvalue weighted by Crippen LogP contribution is -2.28. The molecule has 0 aliphatic heterocycles. The molecule has 0 saturated heterocycles. The third-order valence-corrected chi connectivity index (χ3v) is 3.27. The van der Waals surface area contributed by atoms with E-state index in [1.54, 1.807) is 0 Å². The number of aliphatic hydroxyl groups is 1. The fraction of sp³-hybridized carbons (Fsp3) is 0.462. The van der Waals surface area contributed by atoms with E-state index in [9.17, 15) is 0 Å². The lowest BCUT2D eigenvalue weighted by Gasteiger charge is -2.25. The Bertz CT molecular complexity index is 414. The minimum Gasteiger partial charge on any atom is -0.392 e. The predicted octanol–water partition coefficient (Wildman–Crippen LogP) is 2.93. The summed E-state index contributed by atoms with van der Waals surface area (Å²) in [4.78, 5) is 2.15. The highest BCUT2D eigenvalue weighted by Gasteiger charge is 2.12. The van der Waals surface area contributed by atoms with Crippen molar-refractivity contribution in [1.82, 2.24) is 0 Å². The summed E-state index contributed by atoms with van der Waals surface area (Å²) in [5.41, 5.74) is 1.94. The maximum atomic E-state index is 9.05. The average Bonchev–Trinajstić information content (AvgIpc) is 2.35. The van der Waals surface area contributed by atoms with Gasteiger partial charge in [0.05, 0.1) is 24.3 Å². The Hall–Kier alpha value is -1.05. The number of nitriles is 1. The van der Waals surface area contributed by atoms with Crippen molar-refractivity contribution in [1.29, 1.82) is 5.26 Å². The summed E-state index contributed by atoms with van der Waals surface area (Å²) in [5.74, 6) is -0.000585. The minimum atomic E-state index is -0.000585. The number of hydrogen-bond donors (Lipinski definition) is 1. The molecule has 0 radical (unpaired) electrons. The van der Waals surface area contributed by atoms with E-state index in [0.29, 0.717) is 6.54 Å². The van der Waals surface area contributed by atoms with Gasteiger partial charge in [-0.15, -0.1) is 0 Å². The van der Waals surface area contributed by atoms with Crippen molar-refractivity contribution in [2.45, 2.75) is 20.5 Å². The molecule has 1 N–H and O–H groups in total. The molecule has 0 amide bonds. The Morgan fingerprint density at radius 2 is 2.24 bits per heavy atom. The van der Waals surface area contributed by atoms with Crippen LogP contribution in [0.1, 0.15) is 19.4 Å². The smallest absolute Gasteiger partial charge is 0.0682 e. The lowest BCUT2D eigenvalue weighted by molar-refractivity contribution is 0.282. The molecular formula is C13H17BrN2O. The Balaban J connectivity index is 2.93. The van der Waals surface area contributed by atoms with Crippen LogP contribution in [0.15, 0.2) is 22.7 Å². The first-order valence-corrected chi connectivity index (χ1v) is 6.45. The largest absolute Gasteiger partial charge is 0.392 e. The van der Waals surface area contributed by atoms with Crippen molar-refractivity contribution in [3.63, 3.8) is 0 Å². The first kappa shape index (κ1) is 14.0. The van der Waals surface area contributed by atoms with E-state index in [1.165, 1.54) is 0 Å². The van der Waals surface area contributed by atoms with Crippen LogP contribution in [0.2, 0.25) is 0 Å². The number of benzene rings is 1. The normalized spacial score (nSPS) is 11.9. The number of nitrogens with zero attached hydrogens (tertiary/aromatic N) is 2. The molecule has 1 atom stereocenters. The molecule has 0 aliphatic carbocycles. The maximum Gasteiger partial charge on any atom is 0.0682 e. The summed E-state index contributed by atoms with van der Waals surface area (Å²) < 4.78 is 0.955. The Labute approximate surface area is 111 Å². The SMILES string of the molecule is CCN(CC(C)C#N)c1ccc(CO)cc1Br. The molecule has 0 heterocycles. The number of aliphatic hydroxyl groups excluding tert-OH is 1. The molecule has 0 aromatic heterocycles. The van der Waals surface area contributed by atoms with Gasteiger partial charge in [-0.3, -0.25) is 0 Å². The van der Waals surface area contributed by atoms with E-state index in [-0.39, 0.29) is 12.5 Å². The van der Waals surface area contributed by atoms with Crippen LogP contribution >= 0.6 is 15.9 Å². The maximum absolute atomic E-state index is 9.05.